The van der Waals surface area contributed by atoms with E-state index < -0.39 is 46.3 Å². The number of carbonyl (C=O) groups is 1. The lowest BCUT2D eigenvalue weighted by atomic mass is 9.93. The summed E-state index contributed by atoms with van der Waals surface area (Å²) >= 11 is 0. The maximum Gasteiger partial charge on any atom is 0.295 e. The van der Waals surface area contributed by atoms with Gasteiger partial charge in [0.25, 0.3) is 12.3 Å². The molecule has 2 aromatic heterocycles. The van der Waals surface area contributed by atoms with Crippen molar-refractivity contribution in [2.24, 2.45) is 5.92 Å². The van der Waals surface area contributed by atoms with Gasteiger partial charge in [-0.2, -0.15) is 0 Å². The minimum Gasteiger partial charge on any atom is -0.381 e. The molecule has 14 heteroatoms. The summed E-state index contributed by atoms with van der Waals surface area (Å²) < 4.78 is 84.1. The van der Waals surface area contributed by atoms with E-state index in [-0.39, 0.29) is 39.2 Å². The number of alkyl halides is 4. The second-order valence-corrected chi connectivity index (χ2v) is 11.2. The van der Waals surface area contributed by atoms with Crippen molar-refractivity contribution >= 4 is 44.1 Å². The van der Waals surface area contributed by atoms with Gasteiger partial charge in [-0.15, -0.1) is 0 Å². The van der Waals surface area contributed by atoms with Gasteiger partial charge in [-0.25, -0.2) is 35.9 Å². The van der Waals surface area contributed by atoms with Gasteiger partial charge in [-0.1, -0.05) is 6.07 Å². The van der Waals surface area contributed by atoms with Crippen LogP contribution in [0.4, 0.5) is 34.8 Å². The third-order valence-electron chi connectivity index (χ3n) is 6.39. The highest BCUT2D eigenvalue weighted by Crippen LogP contribution is 2.49. The molecule has 5 rings (SSSR count). The highest BCUT2D eigenvalue weighted by molar-refractivity contribution is 7.90. The number of fused-ring (bicyclic) bond motifs is 1. The highest BCUT2D eigenvalue weighted by Gasteiger charge is 2.61. The lowest BCUT2D eigenvalue weighted by molar-refractivity contribution is -0.119. The molecule has 198 valence electrons. The number of anilines is 3. The molecule has 1 saturated carbocycles. The Morgan fingerprint density at radius 3 is 2.59 bits per heavy atom. The molecule has 2 atom stereocenters. The molecule has 3 heterocycles. The van der Waals surface area contributed by atoms with Gasteiger partial charge < -0.3 is 20.4 Å². The second kappa shape index (κ2) is 9.24. The zero-order valence-corrected chi connectivity index (χ0v) is 20.3. The van der Waals surface area contributed by atoms with Crippen LogP contribution in [0.3, 0.4) is 0 Å². The summed E-state index contributed by atoms with van der Waals surface area (Å²) in [7, 11) is -3.74. The molecule has 0 radical (unpaired) electrons. The first kappa shape index (κ1) is 25.4. The molecule has 0 spiro atoms. The number of aromatic nitrogens is 3. The molecule has 1 aromatic carbocycles. The number of imidazole rings is 1. The fourth-order valence-electron chi connectivity index (χ4n) is 4.33. The quantitative estimate of drug-likeness (QED) is 0.375. The predicted octanol–water partition coefficient (Wildman–Crippen LogP) is 4.53. The van der Waals surface area contributed by atoms with E-state index in [9.17, 15) is 30.8 Å². The lowest BCUT2D eigenvalue weighted by Gasteiger charge is -2.23. The van der Waals surface area contributed by atoms with Gasteiger partial charge in [0, 0.05) is 31.3 Å². The van der Waals surface area contributed by atoms with Crippen molar-refractivity contribution in [3.63, 3.8) is 0 Å². The zero-order valence-electron chi connectivity index (χ0n) is 19.5. The van der Waals surface area contributed by atoms with Crippen molar-refractivity contribution in [2.75, 3.05) is 30.1 Å². The Morgan fingerprint density at radius 1 is 1.22 bits per heavy atom. The van der Waals surface area contributed by atoms with Crippen LogP contribution in [0.1, 0.15) is 43.0 Å². The van der Waals surface area contributed by atoms with Gasteiger partial charge in [0.05, 0.1) is 22.9 Å². The number of H-pyrrole nitrogens is 1. The van der Waals surface area contributed by atoms with Crippen LogP contribution in [0.15, 0.2) is 29.2 Å². The molecule has 3 N–H and O–H groups in total. The number of pyridine rings is 1. The van der Waals surface area contributed by atoms with Crippen LogP contribution in [0.2, 0.25) is 0 Å². The van der Waals surface area contributed by atoms with Gasteiger partial charge in [0.1, 0.15) is 17.3 Å². The predicted molar refractivity (Wildman–Crippen MR) is 126 cm³/mol. The van der Waals surface area contributed by atoms with Gasteiger partial charge in [0.15, 0.2) is 21.3 Å². The number of hydrogen-bond acceptors (Lipinski definition) is 7. The van der Waals surface area contributed by atoms with Crippen molar-refractivity contribution in [3.8, 4) is 0 Å². The molecule has 9 nitrogen and oxygen atoms in total. The first-order valence-corrected chi connectivity index (χ1v) is 13.4. The molecule has 2 unspecified atom stereocenters. The van der Waals surface area contributed by atoms with Crippen LogP contribution in [-0.2, 0) is 19.4 Å². The van der Waals surface area contributed by atoms with Crippen LogP contribution >= 0.6 is 0 Å². The van der Waals surface area contributed by atoms with Crippen LogP contribution in [0, 0.1) is 5.92 Å². The van der Waals surface area contributed by atoms with Crippen LogP contribution < -0.4 is 10.6 Å². The zero-order chi connectivity index (χ0) is 26.5. The summed E-state index contributed by atoms with van der Waals surface area (Å²) in [6, 6.07) is 6.10. The summed E-state index contributed by atoms with van der Waals surface area (Å²) in [5, 5.41) is 5.18. The molecule has 2 aliphatic rings. The van der Waals surface area contributed by atoms with Crippen molar-refractivity contribution in [1.29, 1.82) is 0 Å². The molecule has 1 aliphatic heterocycles. The Labute approximate surface area is 208 Å². The molecule has 3 aromatic rings. The van der Waals surface area contributed by atoms with Gasteiger partial charge in [-0.3, -0.25) is 4.79 Å². The van der Waals surface area contributed by atoms with E-state index in [2.05, 4.69) is 25.6 Å². The van der Waals surface area contributed by atoms with Crippen molar-refractivity contribution < 1.29 is 35.5 Å². The van der Waals surface area contributed by atoms with Crippen molar-refractivity contribution in [1.82, 2.24) is 15.0 Å². The minimum absolute atomic E-state index is 0.0225. The third-order valence-corrected chi connectivity index (χ3v) is 7.52. The molecule has 1 saturated heterocycles. The minimum atomic E-state index is -3.74. The molecule has 2 fully saturated rings. The maximum atomic E-state index is 13.3. The average Bonchev–Trinajstić information content (AvgIpc) is 3.27. The Morgan fingerprint density at radius 2 is 1.97 bits per heavy atom. The summed E-state index contributed by atoms with van der Waals surface area (Å²) in [4.78, 5) is 22.3. The van der Waals surface area contributed by atoms with Crippen LogP contribution in [0.25, 0.3) is 11.2 Å². The number of nitrogens with one attached hydrogen (secondary N) is 3. The number of ether oxygens (including phenoxy) is 1. The average molecular weight is 542 g/mol. The molecular weight excluding hydrogens is 518 g/mol. The smallest absolute Gasteiger partial charge is 0.295 e. The summed E-state index contributed by atoms with van der Waals surface area (Å²) in [6.45, 7) is 1.11. The fraction of sp³-hybridized carbons (Fsp3) is 0.435. The standard InChI is InChI=1S/C23H23F4N5O4S/c1-37(34,35)16-7-11(12-3-2-6-36-10-12)4-5-14(16)28-15-8-17(30-22(33)13-9-23(13,26)27)29-20-18(15)31-21(32-20)19(24)25/h4-5,7-8,12-13,19H,2-3,6,9-10H2,1H3,(H3,28,29,30,31,32,33). The van der Waals surface area contributed by atoms with E-state index >= 15 is 0 Å². The first-order valence-electron chi connectivity index (χ1n) is 11.5. The number of halogens is 4. The van der Waals surface area contributed by atoms with Crippen molar-refractivity contribution in [2.45, 2.75) is 42.4 Å². The Bertz CT molecular complexity index is 1470. The largest absolute Gasteiger partial charge is 0.381 e. The Kier molecular flexibility index (Phi) is 6.34. The third kappa shape index (κ3) is 5.25. The number of benzene rings is 1. The molecule has 37 heavy (non-hydrogen) atoms. The van der Waals surface area contributed by atoms with Crippen molar-refractivity contribution in [3.05, 3.63) is 35.7 Å². The summed E-state index contributed by atoms with van der Waals surface area (Å²) in [5.74, 6) is -6.46. The Balaban J connectivity index is 1.54. The van der Waals surface area contributed by atoms with E-state index in [1.54, 1.807) is 18.2 Å². The van der Waals surface area contributed by atoms with Crippen LogP contribution in [-0.4, -0.2) is 54.7 Å². The molecule has 1 amide bonds. The van der Waals surface area contributed by atoms with Gasteiger partial charge in [0.2, 0.25) is 5.91 Å². The van der Waals surface area contributed by atoms with E-state index in [0.29, 0.717) is 13.2 Å². The van der Waals surface area contributed by atoms with E-state index in [1.807, 2.05) is 0 Å². The number of hydrogen-bond donors (Lipinski definition) is 3. The highest BCUT2D eigenvalue weighted by atomic mass is 32.2. The lowest BCUT2D eigenvalue weighted by Crippen LogP contribution is -2.18. The SMILES string of the molecule is CS(=O)(=O)c1cc(C2CCCOC2)ccc1Nc1cc(NC(=O)C2CC2(F)F)nc2nc(C(F)F)[nH]c12. The number of carbonyl (C=O) groups excluding carboxylic acids is 1. The van der Waals surface area contributed by atoms with Crippen LogP contribution in [0.5, 0.6) is 0 Å². The number of amides is 1. The summed E-state index contributed by atoms with van der Waals surface area (Å²) in [5.41, 5.74) is 0.810. The fourth-order valence-corrected chi connectivity index (χ4v) is 5.20. The second-order valence-electron chi connectivity index (χ2n) is 9.25. The molecule has 1 aliphatic carbocycles. The normalized spacial score (nSPS) is 21.2. The van der Waals surface area contributed by atoms with E-state index in [4.69, 9.17) is 4.74 Å². The summed E-state index contributed by atoms with van der Waals surface area (Å²) in [6.07, 6.45) is -0.826. The molecule has 0 bridgehead atoms. The van der Waals surface area contributed by atoms with E-state index in [1.165, 1.54) is 6.07 Å². The number of aromatic amines is 1. The van der Waals surface area contributed by atoms with Gasteiger partial charge in [-0.05, 0) is 30.5 Å². The number of nitrogens with zero attached hydrogens (tertiary/aromatic N) is 2. The molecular formula is C23H23F4N5O4S. The monoisotopic (exact) mass is 541 g/mol. The van der Waals surface area contributed by atoms with E-state index in [0.717, 1.165) is 24.7 Å². The maximum absolute atomic E-state index is 13.3. The number of rotatable bonds is 7. The topological polar surface area (TPSA) is 126 Å². The van der Waals surface area contributed by atoms with Gasteiger partial charge >= 0.3 is 0 Å². The number of sulfone groups is 1. The first-order chi connectivity index (χ1) is 17.4. The Hall–Kier alpha value is -3.26.